The van der Waals surface area contributed by atoms with E-state index in [0.29, 0.717) is 18.1 Å². The van der Waals surface area contributed by atoms with Crippen LogP contribution in [0.2, 0.25) is 0 Å². The van der Waals surface area contributed by atoms with Gasteiger partial charge < -0.3 is 0 Å². The summed E-state index contributed by atoms with van der Waals surface area (Å²) in [6, 6.07) is 0. The Balaban J connectivity index is 1.85. The largest absolute Gasteiger partial charge is 0.293 e. The first-order valence-corrected chi connectivity index (χ1v) is 8.29. The highest BCUT2D eigenvalue weighted by molar-refractivity contribution is 7.14. The smallest absolute Gasteiger partial charge is 0.175 e. The van der Waals surface area contributed by atoms with E-state index in [2.05, 4.69) is 20.8 Å². The van der Waals surface area contributed by atoms with Crippen LogP contribution in [0.5, 0.6) is 0 Å². The maximum absolute atomic E-state index is 12.2. The van der Waals surface area contributed by atoms with Gasteiger partial charge in [0.15, 0.2) is 5.78 Å². The zero-order chi connectivity index (χ0) is 13.6. The van der Waals surface area contributed by atoms with E-state index in [1.165, 1.54) is 30.7 Å². The van der Waals surface area contributed by atoms with E-state index in [9.17, 15) is 4.79 Å². The standard InChI is InChI=1S/C16H23NOS/c1-10-4-6-11(7-5-10)15-17-12-8-16(2,3)9-13(18)14(12)19-15/h10-11H,4-9H2,1-3H3. The Hall–Kier alpha value is -0.700. The number of carbonyl (C=O) groups is 1. The number of thiazole rings is 1. The van der Waals surface area contributed by atoms with Crippen LogP contribution in [0.3, 0.4) is 0 Å². The lowest BCUT2D eigenvalue weighted by atomic mass is 9.78. The SMILES string of the molecule is CC1CCC(c2nc3c(s2)C(=O)CC(C)(C)C3)CC1. The molecule has 0 unspecified atom stereocenters. The van der Waals surface area contributed by atoms with Crippen molar-refractivity contribution >= 4 is 17.1 Å². The quantitative estimate of drug-likeness (QED) is 0.751. The number of aromatic nitrogens is 1. The summed E-state index contributed by atoms with van der Waals surface area (Å²) >= 11 is 1.69. The van der Waals surface area contributed by atoms with Crippen molar-refractivity contribution in [3.63, 3.8) is 0 Å². The normalized spacial score (nSPS) is 30.2. The van der Waals surface area contributed by atoms with E-state index in [0.717, 1.165) is 22.9 Å². The molecule has 1 fully saturated rings. The molecular weight excluding hydrogens is 254 g/mol. The Kier molecular flexibility index (Phi) is 3.28. The third kappa shape index (κ3) is 2.62. The summed E-state index contributed by atoms with van der Waals surface area (Å²) in [5.74, 6) is 1.80. The van der Waals surface area contributed by atoms with Gasteiger partial charge in [-0.3, -0.25) is 4.79 Å². The molecule has 0 radical (unpaired) electrons. The number of nitrogens with zero attached hydrogens (tertiary/aromatic N) is 1. The minimum Gasteiger partial charge on any atom is -0.293 e. The monoisotopic (exact) mass is 277 g/mol. The molecule has 0 amide bonds. The molecule has 1 aromatic rings. The first-order valence-electron chi connectivity index (χ1n) is 7.47. The Morgan fingerprint density at radius 1 is 1.16 bits per heavy atom. The molecule has 0 N–H and O–H groups in total. The number of carbonyl (C=O) groups excluding carboxylic acids is 1. The van der Waals surface area contributed by atoms with E-state index in [1.54, 1.807) is 11.3 Å². The third-order valence-corrected chi connectivity index (χ3v) is 5.92. The highest BCUT2D eigenvalue weighted by Crippen LogP contribution is 2.42. The van der Waals surface area contributed by atoms with Gasteiger partial charge in [0.2, 0.25) is 0 Å². The van der Waals surface area contributed by atoms with E-state index in [4.69, 9.17) is 4.98 Å². The minimum atomic E-state index is 0.0938. The van der Waals surface area contributed by atoms with E-state index in [1.807, 2.05) is 0 Å². The molecule has 1 aromatic heterocycles. The van der Waals surface area contributed by atoms with Crippen LogP contribution >= 0.6 is 11.3 Å². The molecule has 0 aliphatic heterocycles. The summed E-state index contributed by atoms with van der Waals surface area (Å²) in [4.78, 5) is 18.0. The number of hydrogen-bond donors (Lipinski definition) is 0. The zero-order valence-electron chi connectivity index (χ0n) is 12.2. The lowest BCUT2D eigenvalue weighted by Gasteiger charge is -2.27. The van der Waals surface area contributed by atoms with Gasteiger partial charge in [-0.25, -0.2) is 4.98 Å². The average molecular weight is 277 g/mol. The van der Waals surface area contributed by atoms with Gasteiger partial charge in [-0.1, -0.05) is 33.6 Å². The van der Waals surface area contributed by atoms with Gasteiger partial charge in [0.1, 0.15) is 0 Å². The molecule has 1 saturated carbocycles. The van der Waals surface area contributed by atoms with Crippen LogP contribution in [0.25, 0.3) is 0 Å². The fraction of sp³-hybridized carbons (Fsp3) is 0.750. The summed E-state index contributed by atoms with van der Waals surface area (Å²) in [7, 11) is 0. The average Bonchev–Trinajstić information content (AvgIpc) is 2.72. The van der Waals surface area contributed by atoms with Gasteiger partial charge in [0.05, 0.1) is 15.6 Å². The molecule has 3 rings (SSSR count). The van der Waals surface area contributed by atoms with E-state index >= 15 is 0 Å². The second kappa shape index (κ2) is 4.69. The van der Waals surface area contributed by atoms with Crippen LogP contribution < -0.4 is 0 Å². The van der Waals surface area contributed by atoms with Gasteiger partial charge in [-0.05, 0) is 30.6 Å². The van der Waals surface area contributed by atoms with E-state index < -0.39 is 0 Å². The summed E-state index contributed by atoms with van der Waals surface area (Å²) in [6.45, 7) is 6.69. The molecule has 0 bridgehead atoms. The molecule has 104 valence electrons. The van der Waals surface area contributed by atoms with Gasteiger partial charge >= 0.3 is 0 Å². The number of fused-ring (bicyclic) bond motifs is 1. The van der Waals surface area contributed by atoms with Crippen LogP contribution in [0.4, 0.5) is 0 Å². The molecular formula is C16H23NOS. The molecule has 2 nitrogen and oxygen atoms in total. The summed E-state index contributed by atoms with van der Waals surface area (Å²) in [5, 5.41) is 1.24. The summed E-state index contributed by atoms with van der Waals surface area (Å²) in [5.41, 5.74) is 1.18. The fourth-order valence-electron chi connectivity index (χ4n) is 3.42. The van der Waals surface area contributed by atoms with Gasteiger partial charge in [-0.15, -0.1) is 11.3 Å². The topological polar surface area (TPSA) is 30.0 Å². The van der Waals surface area contributed by atoms with Crippen molar-refractivity contribution in [1.82, 2.24) is 4.98 Å². The highest BCUT2D eigenvalue weighted by atomic mass is 32.1. The number of hydrogen-bond acceptors (Lipinski definition) is 3. The number of ketones is 1. The molecule has 1 heterocycles. The second-order valence-corrected chi connectivity index (χ2v) is 8.26. The molecule has 2 aliphatic carbocycles. The maximum Gasteiger partial charge on any atom is 0.175 e. The van der Waals surface area contributed by atoms with E-state index in [-0.39, 0.29) is 5.41 Å². The fourth-order valence-corrected chi connectivity index (χ4v) is 4.61. The lowest BCUT2D eigenvalue weighted by molar-refractivity contribution is 0.0916. The molecule has 0 aromatic carbocycles. The first kappa shape index (κ1) is 13.3. The summed E-state index contributed by atoms with van der Waals surface area (Å²) in [6.07, 6.45) is 6.79. The van der Waals surface area contributed by atoms with Crippen molar-refractivity contribution in [2.45, 2.75) is 65.2 Å². The molecule has 19 heavy (non-hydrogen) atoms. The van der Waals surface area contributed by atoms with Gasteiger partial charge in [0, 0.05) is 12.3 Å². The number of rotatable bonds is 1. The second-order valence-electron chi connectivity index (χ2n) is 7.23. The van der Waals surface area contributed by atoms with Crippen molar-refractivity contribution in [1.29, 1.82) is 0 Å². The van der Waals surface area contributed by atoms with Crippen molar-refractivity contribution < 1.29 is 4.79 Å². The van der Waals surface area contributed by atoms with Crippen LogP contribution in [0.15, 0.2) is 0 Å². The molecule has 3 heteroatoms. The molecule has 0 atom stereocenters. The van der Waals surface area contributed by atoms with Gasteiger partial charge in [0.25, 0.3) is 0 Å². The Morgan fingerprint density at radius 2 is 1.84 bits per heavy atom. The predicted molar refractivity (Wildman–Crippen MR) is 78.9 cm³/mol. The molecule has 2 aliphatic rings. The van der Waals surface area contributed by atoms with Crippen LogP contribution in [0.1, 0.15) is 79.2 Å². The number of Topliss-reactive ketones (excluding diaryl/α,β-unsaturated/α-hetero) is 1. The molecule has 0 spiro atoms. The Labute approximate surface area is 119 Å². The minimum absolute atomic E-state index is 0.0938. The third-order valence-electron chi connectivity index (χ3n) is 4.62. The van der Waals surface area contributed by atoms with Crippen molar-refractivity contribution in [3.05, 3.63) is 15.6 Å². The molecule has 0 saturated heterocycles. The zero-order valence-corrected chi connectivity index (χ0v) is 13.0. The predicted octanol–water partition coefficient (Wildman–Crippen LogP) is 4.59. The Morgan fingerprint density at radius 3 is 2.53 bits per heavy atom. The summed E-state index contributed by atoms with van der Waals surface area (Å²) < 4.78 is 0. The van der Waals surface area contributed by atoms with Crippen LogP contribution in [0, 0.1) is 11.3 Å². The van der Waals surface area contributed by atoms with Gasteiger partial charge in [-0.2, -0.15) is 0 Å². The van der Waals surface area contributed by atoms with Crippen LogP contribution in [-0.4, -0.2) is 10.8 Å². The lowest BCUT2D eigenvalue weighted by Crippen LogP contribution is -2.26. The van der Waals surface area contributed by atoms with Crippen molar-refractivity contribution in [2.24, 2.45) is 11.3 Å². The Bertz CT molecular complexity index is 495. The van der Waals surface area contributed by atoms with Crippen molar-refractivity contribution in [2.75, 3.05) is 0 Å². The maximum atomic E-state index is 12.2. The first-order chi connectivity index (χ1) is 8.94. The van der Waals surface area contributed by atoms with Crippen LogP contribution in [-0.2, 0) is 6.42 Å². The highest BCUT2D eigenvalue weighted by Gasteiger charge is 2.35. The van der Waals surface area contributed by atoms with Crippen molar-refractivity contribution in [3.8, 4) is 0 Å².